The Morgan fingerprint density at radius 1 is 0.720 bits per heavy atom. The first-order chi connectivity index (χ1) is 23.9. The minimum Gasteiger partial charge on any atom is -0.457 e. The minimum atomic E-state index is -4.27. The molecule has 10 heteroatoms. The van der Waals surface area contributed by atoms with Crippen LogP contribution in [0.5, 0.6) is 11.5 Å². The van der Waals surface area contributed by atoms with Crippen LogP contribution in [0.3, 0.4) is 0 Å². The van der Waals surface area contributed by atoms with Crippen molar-refractivity contribution in [2.45, 2.75) is 50.2 Å². The molecule has 1 atom stereocenters. The molecule has 0 aliphatic carbocycles. The molecule has 0 bridgehead atoms. The van der Waals surface area contributed by atoms with Crippen molar-refractivity contribution in [1.29, 1.82) is 0 Å². The first-order valence-electron chi connectivity index (χ1n) is 16.2. The van der Waals surface area contributed by atoms with Crippen LogP contribution in [0.15, 0.2) is 144 Å². The summed E-state index contributed by atoms with van der Waals surface area (Å²) in [5, 5.41) is 3.00. The summed E-state index contributed by atoms with van der Waals surface area (Å²) >= 11 is 0. The number of rotatable bonds is 13. The third-order valence-electron chi connectivity index (χ3n) is 7.75. The van der Waals surface area contributed by atoms with Gasteiger partial charge in [0.25, 0.3) is 10.0 Å². The average Bonchev–Trinajstić information content (AvgIpc) is 3.10. The van der Waals surface area contributed by atoms with Crippen molar-refractivity contribution >= 4 is 27.5 Å². The van der Waals surface area contributed by atoms with E-state index in [0.717, 1.165) is 9.87 Å². The summed E-state index contributed by atoms with van der Waals surface area (Å²) in [6.07, 6.45) is 0.159. The molecular weight excluding hydrogens is 654 g/mol. The number of para-hydroxylation sites is 1. The molecule has 50 heavy (non-hydrogen) atoms. The Hall–Kier alpha value is -5.48. The Morgan fingerprint density at radius 3 is 1.84 bits per heavy atom. The number of ether oxygens (including phenoxy) is 1. The molecule has 0 spiro atoms. The quantitative estimate of drug-likeness (QED) is 0.139. The lowest BCUT2D eigenvalue weighted by Gasteiger charge is -2.35. The number of benzene rings is 5. The number of sulfonamides is 1. The van der Waals surface area contributed by atoms with E-state index in [-0.39, 0.29) is 23.5 Å². The van der Waals surface area contributed by atoms with Gasteiger partial charge in [-0.2, -0.15) is 0 Å². The number of halogens is 1. The lowest BCUT2D eigenvalue weighted by molar-refractivity contribution is -0.140. The summed E-state index contributed by atoms with van der Waals surface area (Å²) in [5.74, 6) is -0.389. The molecule has 0 heterocycles. The van der Waals surface area contributed by atoms with Crippen molar-refractivity contribution in [3.63, 3.8) is 0 Å². The normalized spacial score (nSPS) is 12.1. The van der Waals surface area contributed by atoms with Crippen molar-refractivity contribution in [2.75, 3.05) is 10.8 Å². The number of carbonyl (C=O) groups excluding carboxylic acids is 2. The van der Waals surface area contributed by atoms with Crippen molar-refractivity contribution in [3.8, 4) is 11.5 Å². The number of carbonyl (C=O) groups is 2. The topological polar surface area (TPSA) is 96.0 Å². The lowest BCUT2D eigenvalue weighted by Crippen LogP contribution is -2.56. The fraction of sp³-hybridized carbons (Fsp3) is 0.200. The molecule has 0 saturated heterocycles. The van der Waals surface area contributed by atoms with Crippen LogP contribution in [0.1, 0.15) is 31.9 Å². The highest BCUT2D eigenvalue weighted by Gasteiger charge is 2.35. The van der Waals surface area contributed by atoms with E-state index < -0.39 is 45.8 Å². The summed E-state index contributed by atoms with van der Waals surface area (Å²) in [6, 6.07) is 37.3. The molecular formula is C40H40FN3O5S. The third kappa shape index (κ3) is 9.57. The summed E-state index contributed by atoms with van der Waals surface area (Å²) in [4.78, 5) is 30.0. The van der Waals surface area contributed by atoms with Crippen molar-refractivity contribution < 1.29 is 27.1 Å². The van der Waals surface area contributed by atoms with Crippen LogP contribution < -0.4 is 14.4 Å². The number of anilines is 1. The zero-order valence-electron chi connectivity index (χ0n) is 28.2. The monoisotopic (exact) mass is 693 g/mol. The van der Waals surface area contributed by atoms with Crippen LogP contribution in [0.25, 0.3) is 0 Å². The summed E-state index contributed by atoms with van der Waals surface area (Å²) in [6.45, 7) is 4.84. The van der Waals surface area contributed by atoms with E-state index in [1.165, 1.54) is 29.2 Å². The zero-order chi connectivity index (χ0) is 35.7. The van der Waals surface area contributed by atoms with Gasteiger partial charge in [-0.15, -0.1) is 0 Å². The van der Waals surface area contributed by atoms with E-state index >= 15 is 0 Å². The van der Waals surface area contributed by atoms with Crippen LogP contribution >= 0.6 is 0 Å². The Balaban J connectivity index is 1.56. The first kappa shape index (κ1) is 35.8. The number of nitrogens with zero attached hydrogens (tertiary/aromatic N) is 2. The molecule has 1 N–H and O–H groups in total. The van der Waals surface area contributed by atoms with Gasteiger partial charge in [0.05, 0.1) is 10.6 Å². The fourth-order valence-corrected chi connectivity index (χ4v) is 6.78. The van der Waals surface area contributed by atoms with Gasteiger partial charge in [-0.3, -0.25) is 13.9 Å². The van der Waals surface area contributed by atoms with E-state index in [1.807, 2.05) is 69.3 Å². The Morgan fingerprint density at radius 2 is 1.26 bits per heavy atom. The molecule has 0 aliphatic rings. The van der Waals surface area contributed by atoms with E-state index in [1.54, 1.807) is 66.7 Å². The van der Waals surface area contributed by atoms with Gasteiger partial charge in [0.2, 0.25) is 11.8 Å². The predicted molar refractivity (Wildman–Crippen MR) is 193 cm³/mol. The molecule has 0 fully saturated rings. The Kier molecular flexibility index (Phi) is 11.3. The van der Waals surface area contributed by atoms with Crippen LogP contribution in [0.2, 0.25) is 0 Å². The van der Waals surface area contributed by atoms with Crippen LogP contribution in [-0.4, -0.2) is 43.3 Å². The van der Waals surface area contributed by atoms with Crippen LogP contribution in [-0.2, 0) is 32.6 Å². The number of hydrogen-bond donors (Lipinski definition) is 1. The van der Waals surface area contributed by atoms with E-state index in [4.69, 9.17) is 4.74 Å². The largest absolute Gasteiger partial charge is 0.457 e. The molecule has 5 rings (SSSR count). The van der Waals surface area contributed by atoms with Gasteiger partial charge in [-0.25, -0.2) is 12.8 Å². The third-order valence-corrected chi connectivity index (χ3v) is 9.54. The minimum absolute atomic E-state index is 0.00573. The summed E-state index contributed by atoms with van der Waals surface area (Å²) < 4.78 is 49.4. The Bertz CT molecular complexity index is 1970. The summed E-state index contributed by atoms with van der Waals surface area (Å²) in [7, 11) is -4.27. The van der Waals surface area contributed by atoms with Gasteiger partial charge in [-0.05, 0) is 92.6 Å². The van der Waals surface area contributed by atoms with Gasteiger partial charge < -0.3 is 15.0 Å². The molecule has 2 amide bonds. The molecule has 0 radical (unpaired) electrons. The highest BCUT2D eigenvalue weighted by atomic mass is 32.2. The molecule has 5 aromatic rings. The van der Waals surface area contributed by atoms with E-state index in [0.29, 0.717) is 17.1 Å². The molecule has 0 aromatic heterocycles. The zero-order valence-corrected chi connectivity index (χ0v) is 29.0. The number of hydrogen-bond acceptors (Lipinski definition) is 5. The highest BCUT2D eigenvalue weighted by molar-refractivity contribution is 7.92. The Labute approximate surface area is 293 Å². The van der Waals surface area contributed by atoms with Crippen LogP contribution in [0, 0.1) is 5.82 Å². The fourth-order valence-electron chi connectivity index (χ4n) is 5.35. The second-order valence-electron chi connectivity index (χ2n) is 12.8. The van der Waals surface area contributed by atoms with Crippen molar-refractivity contribution in [2.24, 2.45) is 0 Å². The van der Waals surface area contributed by atoms with Gasteiger partial charge >= 0.3 is 0 Å². The first-order valence-corrected chi connectivity index (χ1v) is 17.6. The molecule has 258 valence electrons. The maximum atomic E-state index is 14.6. The smallest absolute Gasteiger partial charge is 0.264 e. The predicted octanol–water partition coefficient (Wildman–Crippen LogP) is 7.37. The number of nitrogens with one attached hydrogen (secondary N) is 1. The van der Waals surface area contributed by atoms with Gasteiger partial charge in [0, 0.05) is 18.5 Å². The maximum absolute atomic E-state index is 14.6. The van der Waals surface area contributed by atoms with Crippen molar-refractivity contribution in [3.05, 3.63) is 156 Å². The summed E-state index contributed by atoms with van der Waals surface area (Å²) in [5.41, 5.74) is 0.980. The highest BCUT2D eigenvalue weighted by Crippen LogP contribution is 2.29. The molecule has 0 unspecified atom stereocenters. The van der Waals surface area contributed by atoms with Crippen LogP contribution in [0.4, 0.5) is 10.1 Å². The van der Waals surface area contributed by atoms with Gasteiger partial charge in [0.15, 0.2) is 0 Å². The van der Waals surface area contributed by atoms with Gasteiger partial charge in [-0.1, -0.05) is 78.9 Å². The lowest BCUT2D eigenvalue weighted by atomic mass is 10.0. The second kappa shape index (κ2) is 15.8. The van der Waals surface area contributed by atoms with E-state index in [9.17, 15) is 22.4 Å². The number of amides is 2. The molecule has 8 nitrogen and oxygen atoms in total. The maximum Gasteiger partial charge on any atom is 0.264 e. The second-order valence-corrected chi connectivity index (χ2v) is 14.7. The molecule has 0 aliphatic heterocycles. The van der Waals surface area contributed by atoms with Crippen molar-refractivity contribution in [1.82, 2.24) is 10.2 Å². The standard InChI is InChI=1S/C40H40FN3O5S/c1-40(2,3)42-39(46)37(27-30-13-7-4-8-14-30)43(28-31-19-21-32(41)22-20-31)38(45)29-44(50(47,48)36-17-11-6-12-18-36)33-23-25-35(26-24-33)49-34-15-9-5-10-16-34/h4-26,37H,27-29H2,1-3H3,(H,42,46)/t37-/m1/s1. The molecule has 0 saturated carbocycles. The van der Waals surface area contributed by atoms with Gasteiger partial charge in [0.1, 0.15) is 29.9 Å². The molecule has 5 aromatic carbocycles. The average molecular weight is 694 g/mol. The SMILES string of the molecule is CC(C)(C)NC(=O)[C@@H](Cc1ccccc1)N(Cc1ccc(F)cc1)C(=O)CN(c1ccc(Oc2ccccc2)cc1)S(=O)(=O)c1ccccc1. The van der Waals surface area contributed by atoms with E-state index in [2.05, 4.69) is 5.32 Å².